The summed E-state index contributed by atoms with van der Waals surface area (Å²) in [6.45, 7) is 0. The zero-order chi connectivity index (χ0) is 18.4. The number of aromatic carboxylic acids is 1. The molecule has 0 aliphatic carbocycles. The van der Waals surface area contributed by atoms with E-state index in [1.807, 2.05) is 24.3 Å². The molecule has 0 bridgehead atoms. The monoisotopic (exact) mass is 370 g/mol. The zero-order valence-corrected chi connectivity index (χ0v) is 15.0. The van der Waals surface area contributed by atoms with Crippen molar-refractivity contribution in [3.8, 4) is 33.9 Å². The molecule has 0 spiro atoms. The molecule has 2 N–H and O–H groups in total. The maximum absolute atomic E-state index is 11.1. The number of nitrogens with one attached hydrogen (secondary N) is 1. The maximum atomic E-state index is 11.1. The van der Waals surface area contributed by atoms with Crippen LogP contribution in [0, 0.1) is 0 Å². The number of H-pyrrole nitrogens is 1. The van der Waals surface area contributed by atoms with Gasteiger partial charge in [0.05, 0.1) is 17.0 Å². The fourth-order valence-electron chi connectivity index (χ4n) is 3.30. The van der Waals surface area contributed by atoms with Crippen molar-refractivity contribution in [2.45, 2.75) is 9.79 Å². The predicted octanol–water partition coefficient (Wildman–Crippen LogP) is 5.57. The third kappa shape index (κ3) is 2.64. The Kier molecular flexibility index (Phi) is 3.62. The first-order chi connectivity index (χ1) is 13.2. The Morgan fingerprint density at radius 1 is 0.852 bits per heavy atom. The minimum absolute atomic E-state index is 0.263. The second-order valence-corrected chi connectivity index (χ2v) is 7.37. The molecule has 0 unspecified atom stereocenters. The number of imidazole rings is 1. The highest BCUT2D eigenvalue weighted by Gasteiger charge is 2.23. The summed E-state index contributed by atoms with van der Waals surface area (Å²) in [5.74, 6) is -0.204. The fraction of sp³-hybridized carbons (Fsp3) is 0. The van der Waals surface area contributed by atoms with Crippen LogP contribution < -0.4 is 0 Å². The molecule has 2 heterocycles. The molecule has 1 aromatic heterocycles. The van der Waals surface area contributed by atoms with Crippen LogP contribution in [0.15, 0.2) is 82.6 Å². The third-order valence-electron chi connectivity index (χ3n) is 4.63. The highest BCUT2D eigenvalue weighted by atomic mass is 32.2. The van der Waals surface area contributed by atoms with Crippen LogP contribution in [0.1, 0.15) is 10.4 Å². The fourth-order valence-corrected chi connectivity index (χ4v) is 4.39. The average molecular weight is 370 g/mol. The molecule has 1 aliphatic rings. The number of carboxylic acid groups (broad SMARTS) is 1. The number of benzene rings is 3. The molecule has 1 aliphatic heterocycles. The lowest BCUT2D eigenvalue weighted by Crippen LogP contribution is -1.95. The van der Waals surface area contributed by atoms with Gasteiger partial charge in [-0.25, -0.2) is 9.78 Å². The van der Waals surface area contributed by atoms with Gasteiger partial charge in [-0.15, -0.1) is 0 Å². The van der Waals surface area contributed by atoms with Crippen molar-refractivity contribution in [1.29, 1.82) is 0 Å². The summed E-state index contributed by atoms with van der Waals surface area (Å²) >= 11 is 1.75. The summed E-state index contributed by atoms with van der Waals surface area (Å²) in [6, 6.07) is 23.3. The lowest BCUT2D eigenvalue weighted by Gasteiger charge is -2.05. The van der Waals surface area contributed by atoms with Gasteiger partial charge in [0.25, 0.3) is 0 Å². The summed E-state index contributed by atoms with van der Waals surface area (Å²) < 4.78 is 0. The number of hydrogen-bond acceptors (Lipinski definition) is 3. The number of fused-ring (bicyclic) bond motifs is 5. The number of aromatic amines is 1. The molecular formula is C22H14N2O2S. The standard InChI is InChI=1S/C22H14N2O2S/c25-22(26)14-11-9-13(10-12-14)21-23-19-15-5-1-3-7-17(15)27-18-8-4-2-6-16(18)20(19)24-21/h1-12H,(H,23,24)(H,25,26). The van der Waals surface area contributed by atoms with Gasteiger partial charge in [-0.2, -0.15) is 0 Å². The van der Waals surface area contributed by atoms with Gasteiger partial charge in [-0.3, -0.25) is 0 Å². The van der Waals surface area contributed by atoms with E-state index in [9.17, 15) is 4.79 Å². The Balaban J connectivity index is 1.72. The Morgan fingerprint density at radius 2 is 1.48 bits per heavy atom. The van der Waals surface area contributed by atoms with Gasteiger partial charge < -0.3 is 10.1 Å². The second kappa shape index (κ2) is 6.14. The van der Waals surface area contributed by atoms with Crippen molar-refractivity contribution < 1.29 is 9.90 Å². The smallest absolute Gasteiger partial charge is 0.335 e. The van der Waals surface area contributed by atoms with E-state index in [0.29, 0.717) is 0 Å². The topological polar surface area (TPSA) is 66.0 Å². The lowest BCUT2D eigenvalue weighted by atomic mass is 10.1. The Bertz CT molecular complexity index is 1120. The van der Waals surface area contributed by atoms with Crippen molar-refractivity contribution in [3.63, 3.8) is 0 Å². The highest BCUT2D eigenvalue weighted by molar-refractivity contribution is 7.99. The first kappa shape index (κ1) is 15.9. The first-order valence-electron chi connectivity index (χ1n) is 8.51. The molecule has 4 aromatic rings. The number of aromatic nitrogens is 2. The minimum Gasteiger partial charge on any atom is -0.478 e. The SMILES string of the molecule is O=C(O)c1ccc(-c2nc3c([nH]2)-c2ccccc2Sc2ccccc2-3)cc1. The van der Waals surface area contributed by atoms with Gasteiger partial charge in [0.15, 0.2) is 0 Å². The molecule has 0 atom stereocenters. The molecule has 3 aromatic carbocycles. The number of carbonyl (C=O) groups is 1. The molecule has 5 heteroatoms. The van der Waals surface area contributed by atoms with E-state index in [2.05, 4.69) is 29.2 Å². The van der Waals surface area contributed by atoms with Crippen LogP contribution in [-0.2, 0) is 0 Å². The van der Waals surface area contributed by atoms with Gasteiger partial charge in [0.2, 0.25) is 0 Å². The third-order valence-corrected chi connectivity index (χ3v) is 5.78. The van der Waals surface area contributed by atoms with Crippen LogP contribution in [-0.4, -0.2) is 21.0 Å². The molecule has 0 saturated heterocycles. The summed E-state index contributed by atoms with van der Waals surface area (Å²) in [4.78, 5) is 21.8. The molecule has 4 nitrogen and oxygen atoms in total. The highest BCUT2D eigenvalue weighted by Crippen LogP contribution is 2.47. The van der Waals surface area contributed by atoms with Crippen LogP contribution in [0.2, 0.25) is 0 Å². The summed E-state index contributed by atoms with van der Waals surface area (Å²) in [5, 5.41) is 9.10. The van der Waals surface area contributed by atoms with Crippen molar-refractivity contribution >= 4 is 17.7 Å². The van der Waals surface area contributed by atoms with Gasteiger partial charge in [-0.1, -0.05) is 60.3 Å². The summed E-state index contributed by atoms with van der Waals surface area (Å²) in [5.41, 5.74) is 5.24. The van der Waals surface area contributed by atoms with E-state index in [4.69, 9.17) is 10.1 Å². The second-order valence-electron chi connectivity index (χ2n) is 6.29. The Hall–Kier alpha value is -3.31. The van der Waals surface area contributed by atoms with E-state index < -0.39 is 5.97 Å². The molecule has 0 saturated carbocycles. The van der Waals surface area contributed by atoms with E-state index in [1.54, 1.807) is 36.0 Å². The molecule has 5 rings (SSSR count). The quantitative estimate of drug-likeness (QED) is 0.426. The molecule has 130 valence electrons. The average Bonchev–Trinajstić information content (AvgIpc) is 3.09. The minimum atomic E-state index is -0.934. The van der Waals surface area contributed by atoms with Crippen LogP contribution in [0.25, 0.3) is 33.9 Å². The van der Waals surface area contributed by atoms with Crippen molar-refractivity contribution in [1.82, 2.24) is 9.97 Å². The van der Waals surface area contributed by atoms with E-state index in [1.165, 1.54) is 9.79 Å². The lowest BCUT2D eigenvalue weighted by molar-refractivity contribution is 0.0697. The van der Waals surface area contributed by atoms with Crippen molar-refractivity contribution in [2.24, 2.45) is 0 Å². The Morgan fingerprint density at radius 3 is 2.19 bits per heavy atom. The molecule has 0 fully saturated rings. The van der Waals surface area contributed by atoms with Crippen molar-refractivity contribution in [3.05, 3.63) is 78.4 Å². The van der Waals surface area contributed by atoms with Crippen LogP contribution in [0.4, 0.5) is 0 Å². The van der Waals surface area contributed by atoms with Gasteiger partial charge >= 0.3 is 5.97 Å². The van der Waals surface area contributed by atoms with Crippen molar-refractivity contribution in [2.75, 3.05) is 0 Å². The van der Waals surface area contributed by atoms with E-state index in [-0.39, 0.29) is 5.56 Å². The maximum Gasteiger partial charge on any atom is 0.335 e. The van der Waals surface area contributed by atoms with E-state index in [0.717, 1.165) is 33.9 Å². The molecular weight excluding hydrogens is 356 g/mol. The van der Waals surface area contributed by atoms with Gasteiger partial charge in [-0.05, 0) is 24.3 Å². The normalized spacial score (nSPS) is 11.9. The number of rotatable bonds is 2. The summed E-state index contributed by atoms with van der Waals surface area (Å²) in [7, 11) is 0. The number of carboxylic acids is 1. The van der Waals surface area contributed by atoms with Gasteiger partial charge in [0, 0.05) is 26.5 Å². The van der Waals surface area contributed by atoms with Crippen LogP contribution in [0.5, 0.6) is 0 Å². The zero-order valence-electron chi connectivity index (χ0n) is 14.1. The van der Waals surface area contributed by atoms with Crippen LogP contribution in [0.3, 0.4) is 0 Å². The number of nitrogens with zero attached hydrogens (tertiary/aromatic N) is 1. The predicted molar refractivity (Wildman–Crippen MR) is 106 cm³/mol. The molecule has 0 amide bonds. The molecule has 0 radical (unpaired) electrons. The van der Waals surface area contributed by atoms with Crippen LogP contribution >= 0.6 is 11.8 Å². The van der Waals surface area contributed by atoms with Gasteiger partial charge in [0.1, 0.15) is 5.82 Å². The largest absolute Gasteiger partial charge is 0.478 e. The number of hydrogen-bond donors (Lipinski definition) is 2. The molecule has 27 heavy (non-hydrogen) atoms. The Labute approximate surface area is 159 Å². The first-order valence-corrected chi connectivity index (χ1v) is 9.33. The summed E-state index contributed by atoms with van der Waals surface area (Å²) in [6.07, 6.45) is 0. The van der Waals surface area contributed by atoms with E-state index >= 15 is 0 Å².